The van der Waals surface area contributed by atoms with Crippen LogP contribution in [0.5, 0.6) is 0 Å². The number of nitrogens with zero attached hydrogens (tertiary/aromatic N) is 4. The van der Waals surface area contributed by atoms with Crippen molar-refractivity contribution in [3.05, 3.63) is 28.8 Å². The molecule has 0 fully saturated rings. The lowest BCUT2D eigenvalue weighted by Crippen LogP contribution is -2.15. The fourth-order valence-corrected chi connectivity index (χ4v) is 3.74. The van der Waals surface area contributed by atoms with E-state index in [2.05, 4.69) is 10.2 Å². The first-order valence-electron chi connectivity index (χ1n) is 7.87. The summed E-state index contributed by atoms with van der Waals surface area (Å²) in [7, 11) is 2.84. The molecule has 2 aromatic rings. The molecule has 0 saturated carbocycles. The van der Waals surface area contributed by atoms with Crippen molar-refractivity contribution < 1.29 is 22.7 Å². The average Bonchev–Trinajstić information content (AvgIpc) is 3.05. The van der Waals surface area contributed by atoms with Crippen molar-refractivity contribution in [1.29, 1.82) is 0 Å². The predicted molar refractivity (Wildman–Crippen MR) is 91.6 cm³/mol. The number of methoxy groups -OCH3 is 1. The van der Waals surface area contributed by atoms with E-state index < -0.39 is 12.0 Å². The minimum absolute atomic E-state index is 0.0210. The molecule has 10 heteroatoms. The first kappa shape index (κ1) is 20.5. The first-order valence-corrected chi connectivity index (χ1v) is 8.86. The highest BCUT2D eigenvalue weighted by molar-refractivity contribution is 7.99. The summed E-state index contributed by atoms with van der Waals surface area (Å²) < 4.78 is 46.3. The van der Waals surface area contributed by atoms with Crippen molar-refractivity contribution >= 4 is 17.5 Å². The largest absolute Gasteiger partial charge is 0.451 e. The Morgan fingerprint density at radius 1 is 1.35 bits per heavy atom. The third-order valence-corrected chi connectivity index (χ3v) is 5.07. The Labute approximate surface area is 153 Å². The second-order valence-electron chi connectivity index (χ2n) is 6.03. The van der Waals surface area contributed by atoms with Crippen LogP contribution in [0.15, 0.2) is 11.2 Å². The molecule has 144 valence electrons. The standard InChI is InChI=1S/C16H21F3N4O2S/c1-9-6-12(11(3)23(9)10(2)7-25-5)13(24)8-26-15-21-20-14(22(15)4)16(17,18)19/h6,10H,7-8H2,1-5H3. The number of carbonyl (C=O) groups is 1. The summed E-state index contributed by atoms with van der Waals surface area (Å²) in [6, 6.07) is 1.87. The molecule has 0 N–H and O–H groups in total. The van der Waals surface area contributed by atoms with E-state index in [9.17, 15) is 18.0 Å². The molecule has 1 unspecified atom stereocenters. The predicted octanol–water partition coefficient (Wildman–Crippen LogP) is 3.43. The normalized spacial score (nSPS) is 13.2. The van der Waals surface area contributed by atoms with Crippen molar-refractivity contribution in [3.8, 4) is 0 Å². The van der Waals surface area contributed by atoms with Crippen LogP contribution < -0.4 is 0 Å². The van der Waals surface area contributed by atoms with Gasteiger partial charge in [0.05, 0.1) is 18.4 Å². The van der Waals surface area contributed by atoms with E-state index in [4.69, 9.17) is 4.74 Å². The Balaban J connectivity index is 2.15. The second-order valence-corrected chi connectivity index (χ2v) is 6.98. The number of hydrogen-bond acceptors (Lipinski definition) is 5. The summed E-state index contributed by atoms with van der Waals surface area (Å²) in [5.74, 6) is -1.28. The van der Waals surface area contributed by atoms with Gasteiger partial charge >= 0.3 is 6.18 Å². The van der Waals surface area contributed by atoms with Gasteiger partial charge in [-0.2, -0.15) is 13.2 Å². The van der Waals surface area contributed by atoms with Gasteiger partial charge < -0.3 is 13.9 Å². The smallest absolute Gasteiger partial charge is 0.383 e. The lowest BCUT2D eigenvalue weighted by Gasteiger charge is -2.17. The van der Waals surface area contributed by atoms with E-state index in [1.165, 1.54) is 7.05 Å². The molecule has 0 radical (unpaired) electrons. The zero-order chi connectivity index (χ0) is 19.6. The summed E-state index contributed by atoms with van der Waals surface area (Å²) in [5.41, 5.74) is 2.29. The fraction of sp³-hybridized carbons (Fsp3) is 0.562. The van der Waals surface area contributed by atoms with E-state index in [0.717, 1.165) is 27.7 Å². The zero-order valence-electron chi connectivity index (χ0n) is 15.2. The molecule has 0 aliphatic carbocycles. The maximum absolute atomic E-state index is 12.8. The van der Waals surface area contributed by atoms with Gasteiger partial charge in [-0.05, 0) is 26.8 Å². The molecule has 0 amide bonds. The van der Waals surface area contributed by atoms with Crippen molar-refractivity contribution in [2.24, 2.45) is 7.05 Å². The Bertz CT molecular complexity index is 798. The second kappa shape index (κ2) is 7.83. The number of ether oxygens (including phenoxy) is 1. The van der Waals surface area contributed by atoms with Crippen molar-refractivity contribution in [3.63, 3.8) is 0 Å². The third-order valence-electron chi connectivity index (χ3n) is 4.05. The highest BCUT2D eigenvalue weighted by Gasteiger charge is 2.37. The van der Waals surface area contributed by atoms with Gasteiger partial charge in [-0.3, -0.25) is 4.79 Å². The Hall–Kier alpha value is -1.81. The van der Waals surface area contributed by atoms with Crippen molar-refractivity contribution in [2.45, 2.75) is 38.1 Å². The summed E-state index contributed by atoms with van der Waals surface area (Å²) in [4.78, 5) is 12.6. The minimum atomic E-state index is -4.58. The summed E-state index contributed by atoms with van der Waals surface area (Å²) >= 11 is 0.935. The molecule has 2 rings (SSSR count). The molecule has 0 aromatic carbocycles. The molecule has 2 aromatic heterocycles. The maximum Gasteiger partial charge on any atom is 0.451 e. The van der Waals surface area contributed by atoms with Crippen LogP contribution in [-0.4, -0.2) is 44.6 Å². The molecule has 2 heterocycles. The highest BCUT2D eigenvalue weighted by Crippen LogP contribution is 2.30. The number of thioether (sulfide) groups is 1. The van der Waals surface area contributed by atoms with Gasteiger partial charge in [-0.25, -0.2) is 0 Å². The number of hydrogen-bond donors (Lipinski definition) is 0. The van der Waals surface area contributed by atoms with Crippen molar-refractivity contribution in [2.75, 3.05) is 19.5 Å². The van der Waals surface area contributed by atoms with Crippen LogP contribution in [0.2, 0.25) is 0 Å². The average molecular weight is 390 g/mol. The summed E-state index contributed by atoms with van der Waals surface area (Å²) in [6.07, 6.45) is -4.58. The lowest BCUT2D eigenvalue weighted by atomic mass is 10.2. The van der Waals surface area contributed by atoms with Crippen LogP contribution in [0.25, 0.3) is 0 Å². The first-order chi connectivity index (χ1) is 12.1. The lowest BCUT2D eigenvalue weighted by molar-refractivity contribution is -0.147. The number of aryl methyl sites for hydroxylation is 1. The van der Waals surface area contributed by atoms with Crippen LogP contribution in [0, 0.1) is 13.8 Å². The summed E-state index contributed by atoms with van der Waals surface area (Å²) in [5, 5.41) is 6.73. The number of halogens is 3. The molecule has 0 bridgehead atoms. The molecular weight excluding hydrogens is 369 g/mol. The van der Waals surface area contributed by atoms with Gasteiger partial charge in [-0.1, -0.05) is 11.8 Å². The van der Waals surface area contributed by atoms with E-state index in [1.54, 1.807) is 13.2 Å². The molecule has 26 heavy (non-hydrogen) atoms. The molecule has 0 aliphatic rings. The van der Waals surface area contributed by atoms with E-state index in [1.807, 2.05) is 25.3 Å². The number of Topliss-reactive ketones (excluding diaryl/α,β-unsaturated/α-hetero) is 1. The van der Waals surface area contributed by atoms with Crippen LogP contribution in [0.1, 0.15) is 40.5 Å². The molecule has 6 nitrogen and oxygen atoms in total. The van der Waals surface area contributed by atoms with Crippen molar-refractivity contribution in [1.82, 2.24) is 19.3 Å². The van der Waals surface area contributed by atoms with Crippen LogP contribution in [-0.2, 0) is 18.0 Å². The Morgan fingerprint density at radius 2 is 2.00 bits per heavy atom. The molecule has 1 atom stereocenters. The van der Waals surface area contributed by atoms with Crippen LogP contribution >= 0.6 is 11.8 Å². The number of aromatic nitrogens is 4. The molecule has 0 aliphatic heterocycles. The van der Waals surface area contributed by atoms with Gasteiger partial charge in [0.1, 0.15) is 0 Å². The monoisotopic (exact) mass is 390 g/mol. The number of carbonyl (C=O) groups excluding carboxylic acids is 1. The summed E-state index contributed by atoms with van der Waals surface area (Å²) in [6.45, 7) is 6.26. The van der Waals surface area contributed by atoms with E-state index in [-0.39, 0.29) is 22.7 Å². The zero-order valence-corrected chi connectivity index (χ0v) is 16.0. The quantitative estimate of drug-likeness (QED) is 0.535. The number of rotatable bonds is 7. The minimum Gasteiger partial charge on any atom is -0.383 e. The molecule has 0 spiro atoms. The molecular formula is C16H21F3N4O2S. The van der Waals surface area contributed by atoms with E-state index >= 15 is 0 Å². The SMILES string of the molecule is COCC(C)n1c(C)cc(C(=O)CSc2nnc(C(F)(F)F)n2C)c1C. The number of alkyl halides is 3. The van der Waals surface area contributed by atoms with E-state index in [0.29, 0.717) is 12.2 Å². The van der Waals surface area contributed by atoms with Gasteiger partial charge in [0.15, 0.2) is 10.9 Å². The third kappa shape index (κ3) is 4.12. The topological polar surface area (TPSA) is 61.9 Å². The fourth-order valence-electron chi connectivity index (χ4n) is 2.95. The maximum atomic E-state index is 12.8. The number of ketones is 1. The van der Waals surface area contributed by atoms with Gasteiger partial charge in [-0.15, -0.1) is 10.2 Å². The van der Waals surface area contributed by atoms with Gasteiger partial charge in [0.2, 0.25) is 5.82 Å². The Kier molecular flexibility index (Phi) is 6.17. The Morgan fingerprint density at radius 3 is 2.54 bits per heavy atom. The van der Waals surface area contributed by atoms with Gasteiger partial charge in [0.25, 0.3) is 0 Å². The molecule has 0 saturated heterocycles. The van der Waals surface area contributed by atoms with Crippen LogP contribution in [0.4, 0.5) is 13.2 Å². The highest BCUT2D eigenvalue weighted by atomic mass is 32.2. The van der Waals surface area contributed by atoms with Gasteiger partial charge in [0, 0.05) is 31.1 Å². The van der Waals surface area contributed by atoms with Crippen LogP contribution in [0.3, 0.4) is 0 Å².